The van der Waals surface area contributed by atoms with Gasteiger partial charge >= 0.3 is 0 Å². The minimum Gasteiger partial charge on any atom is -0.495 e. The number of carbonyl (C=O) groups excluding carboxylic acids is 1. The number of sulfone groups is 1. The van der Waals surface area contributed by atoms with Crippen molar-refractivity contribution in [2.75, 3.05) is 31.4 Å². The van der Waals surface area contributed by atoms with Gasteiger partial charge in [-0.1, -0.05) is 0 Å². The van der Waals surface area contributed by atoms with Gasteiger partial charge in [0.2, 0.25) is 5.91 Å². The van der Waals surface area contributed by atoms with Gasteiger partial charge in [0.1, 0.15) is 19.0 Å². The summed E-state index contributed by atoms with van der Waals surface area (Å²) in [7, 11) is -2.40. The average molecular weight is 422 g/mol. The molecule has 11 heteroatoms. The van der Waals surface area contributed by atoms with Crippen LogP contribution in [0.2, 0.25) is 0 Å². The first-order chi connectivity index (χ1) is 13.8. The van der Waals surface area contributed by atoms with Gasteiger partial charge < -0.3 is 19.5 Å². The van der Waals surface area contributed by atoms with E-state index in [1.54, 1.807) is 0 Å². The molecule has 1 heterocycles. The molecule has 0 saturated carbocycles. The number of nitrogens with zero attached hydrogens (tertiary/aromatic N) is 1. The van der Waals surface area contributed by atoms with Gasteiger partial charge in [-0.05, 0) is 18.2 Å². The zero-order valence-corrected chi connectivity index (χ0v) is 16.2. The first-order valence-corrected chi connectivity index (χ1v) is 10.2. The highest BCUT2D eigenvalue weighted by molar-refractivity contribution is 7.91. The number of carbonyl (C=O) groups is 1. The summed E-state index contributed by atoms with van der Waals surface area (Å²) in [5.41, 5.74) is -0.145. The molecule has 1 amide bonds. The molecule has 29 heavy (non-hydrogen) atoms. The molecule has 1 aliphatic rings. The molecule has 0 aliphatic carbocycles. The first-order valence-electron chi connectivity index (χ1n) is 8.55. The topological polar surface area (TPSA) is 134 Å². The maximum atomic E-state index is 12.6. The van der Waals surface area contributed by atoms with Gasteiger partial charge in [-0.3, -0.25) is 14.9 Å². The number of fused-ring (bicyclic) bond motifs is 1. The molecular weight excluding hydrogens is 404 g/mol. The lowest BCUT2D eigenvalue weighted by Gasteiger charge is -2.18. The largest absolute Gasteiger partial charge is 0.495 e. The van der Waals surface area contributed by atoms with Gasteiger partial charge in [0, 0.05) is 24.6 Å². The summed E-state index contributed by atoms with van der Waals surface area (Å²) in [4.78, 5) is 22.5. The van der Waals surface area contributed by atoms with E-state index in [9.17, 15) is 23.3 Å². The number of benzene rings is 2. The van der Waals surface area contributed by atoms with E-state index >= 15 is 0 Å². The molecule has 0 unspecified atom stereocenters. The van der Waals surface area contributed by atoms with Crippen molar-refractivity contribution in [1.29, 1.82) is 0 Å². The van der Waals surface area contributed by atoms with Crippen LogP contribution in [-0.4, -0.2) is 45.3 Å². The van der Waals surface area contributed by atoms with Gasteiger partial charge in [-0.2, -0.15) is 0 Å². The normalized spacial score (nSPS) is 12.9. The fourth-order valence-electron chi connectivity index (χ4n) is 2.68. The number of non-ortho nitro benzene ring substituents is 1. The van der Waals surface area contributed by atoms with Gasteiger partial charge in [-0.15, -0.1) is 0 Å². The lowest BCUT2D eigenvalue weighted by Crippen LogP contribution is -2.19. The standard InChI is InChI=1S/C18H18N2O8S/c1-26-15-4-2-12(20(22)23)10-14(15)19-18(21)6-9-29(24,25)13-3-5-16-17(11-13)28-8-7-27-16/h2-5,10-11H,6-9H2,1H3,(H,19,21). The predicted octanol–water partition coefficient (Wildman–Crippen LogP) is 2.18. The molecule has 0 fully saturated rings. The van der Waals surface area contributed by atoms with Crippen molar-refractivity contribution in [3.05, 3.63) is 46.5 Å². The van der Waals surface area contributed by atoms with E-state index < -0.39 is 26.4 Å². The Bertz CT molecular complexity index is 1050. The van der Waals surface area contributed by atoms with Gasteiger partial charge in [0.25, 0.3) is 5.69 Å². The maximum Gasteiger partial charge on any atom is 0.271 e. The van der Waals surface area contributed by atoms with Crippen molar-refractivity contribution in [2.45, 2.75) is 11.3 Å². The van der Waals surface area contributed by atoms with E-state index in [2.05, 4.69) is 5.32 Å². The Morgan fingerprint density at radius 2 is 1.90 bits per heavy atom. The highest BCUT2D eigenvalue weighted by atomic mass is 32.2. The molecular formula is C18H18N2O8S. The molecule has 154 valence electrons. The maximum absolute atomic E-state index is 12.6. The first kappa shape index (κ1) is 20.4. The van der Waals surface area contributed by atoms with E-state index in [0.717, 1.165) is 6.07 Å². The lowest BCUT2D eigenvalue weighted by atomic mass is 10.2. The minimum absolute atomic E-state index is 0.0162. The third kappa shape index (κ3) is 4.74. The number of nitrogens with one attached hydrogen (secondary N) is 1. The highest BCUT2D eigenvalue weighted by Gasteiger charge is 2.21. The number of hydrogen-bond acceptors (Lipinski definition) is 8. The van der Waals surface area contributed by atoms with Crippen molar-refractivity contribution in [2.24, 2.45) is 0 Å². The smallest absolute Gasteiger partial charge is 0.271 e. The number of hydrogen-bond donors (Lipinski definition) is 1. The average Bonchev–Trinajstić information content (AvgIpc) is 2.72. The zero-order valence-electron chi connectivity index (χ0n) is 15.4. The van der Waals surface area contributed by atoms with Crippen LogP contribution in [0.1, 0.15) is 6.42 Å². The van der Waals surface area contributed by atoms with Crippen molar-refractivity contribution < 1.29 is 32.3 Å². The van der Waals surface area contributed by atoms with Crippen LogP contribution in [0.5, 0.6) is 17.2 Å². The van der Waals surface area contributed by atoms with Gasteiger partial charge in [0.15, 0.2) is 21.3 Å². The fourth-order valence-corrected chi connectivity index (χ4v) is 3.93. The van der Waals surface area contributed by atoms with Crippen LogP contribution in [0.4, 0.5) is 11.4 Å². The van der Waals surface area contributed by atoms with Crippen molar-refractivity contribution in [3.63, 3.8) is 0 Å². The molecule has 0 saturated heterocycles. The van der Waals surface area contributed by atoms with Crippen LogP contribution in [0.3, 0.4) is 0 Å². The van der Waals surface area contributed by atoms with Crippen molar-refractivity contribution in [1.82, 2.24) is 0 Å². The number of nitro benzene ring substituents is 1. The van der Waals surface area contributed by atoms with Crippen molar-refractivity contribution >= 4 is 27.1 Å². The van der Waals surface area contributed by atoms with E-state index in [0.29, 0.717) is 24.7 Å². The highest BCUT2D eigenvalue weighted by Crippen LogP contribution is 2.33. The van der Waals surface area contributed by atoms with Crippen LogP contribution in [0.25, 0.3) is 0 Å². The molecule has 10 nitrogen and oxygen atoms in total. The molecule has 1 aliphatic heterocycles. The second kappa shape index (κ2) is 8.35. The summed E-state index contributed by atoms with van der Waals surface area (Å²) in [6.45, 7) is 0.713. The summed E-state index contributed by atoms with van der Waals surface area (Å²) in [5.74, 6) is -0.0483. The van der Waals surface area contributed by atoms with Gasteiger partial charge in [0.05, 0.1) is 28.4 Å². The molecule has 0 bridgehead atoms. The van der Waals surface area contributed by atoms with Crippen LogP contribution in [-0.2, 0) is 14.6 Å². The van der Waals surface area contributed by atoms with Crippen LogP contribution >= 0.6 is 0 Å². The SMILES string of the molecule is COc1ccc([N+](=O)[O-])cc1NC(=O)CCS(=O)(=O)c1ccc2c(c1)OCCO2. The summed E-state index contributed by atoms with van der Waals surface area (Å²) in [5, 5.41) is 13.4. The summed E-state index contributed by atoms with van der Waals surface area (Å²) in [6, 6.07) is 8.00. The number of anilines is 1. The van der Waals surface area contributed by atoms with E-state index in [-0.39, 0.29) is 28.4 Å². The predicted molar refractivity (Wildman–Crippen MR) is 102 cm³/mol. The molecule has 0 aromatic heterocycles. The molecule has 2 aromatic carbocycles. The molecule has 1 N–H and O–H groups in total. The van der Waals surface area contributed by atoms with Crippen LogP contribution in [0.15, 0.2) is 41.3 Å². The van der Waals surface area contributed by atoms with E-state index in [4.69, 9.17) is 14.2 Å². The van der Waals surface area contributed by atoms with Crippen LogP contribution in [0, 0.1) is 10.1 Å². The molecule has 0 radical (unpaired) electrons. The Morgan fingerprint density at radius 3 is 2.59 bits per heavy atom. The number of rotatable bonds is 7. The summed E-state index contributed by atoms with van der Waals surface area (Å²) >= 11 is 0. The number of amides is 1. The molecule has 3 rings (SSSR count). The number of ether oxygens (including phenoxy) is 3. The fraction of sp³-hybridized carbons (Fsp3) is 0.278. The van der Waals surface area contributed by atoms with Crippen molar-refractivity contribution in [3.8, 4) is 17.2 Å². The van der Waals surface area contributed by atoms with Crippen LogP contribution < -0.4 is 19.5 Å². The molecule has 2 aromatic rings. The Labute approximate surface area is 166 Å². The van der Waals surface area contributed by atoms with Gasteiger partial charge in [-0.25, -0.2) is 8.42 Å². The lowest BCUT2D eigenvalue weighted by molar-refractivity contribution is -0.384. The summed E-state index contributed by atoms with van der Waals surface area (Å²) in [6.07, 6.45) is -0.345. The molecule has 0 atom stereocenters. The minimum atomic E-state index is -3.75. The van der Waals surface area contributed by atoms with E-state index in [1.165, 1.54) is 37.4 Å². The Hall–Kier alpha value is -3.34. The zero-order chi connectivity index (χ0) is 21.0. The molecule has 0 spiro atoms. The second-order valence-electron chi connectivity index (χ2n) is 6.06. The Balaban J connectivity index is 1.69. The Morgan fingerprint density at radius 1 is 1.17 bits per heavy atom. The number of nitro groups is 1. The third-order valence-corrected chi connectivity index (χ3v) is 5.85. The Kier molecular flexibility index (Phi) is 5.87. The number of methoxy groups -OCH3 is 1. The summed E-state index contributed by atoms with van der Waals surface area (Å²) < 4.78 is 40.9. The second-order valence-corrected chi connectivity index (χ2v) is 8.17. The van der Waals surface area contributed by atoms with E-state index in [1.807, 2.05) is 0 Å². The third-order valence-electron chi connectivity index (χ3n) is 4.14. The quantitative estimate of drug-likeness (QED) is 0.530. The monoisotopic (exact) mass is 422 g/mol.